The third-order valence-electron chi connectivity index (χ3n) is 7.39. The molecule has 2 saturated heterocycles. The summed E-state index contributed by atoms with van der Waals surface area (Å²) in [7, 11) is 1.94. The number of carbonyl (C=O) groups excluding carboxylic acids is 1. The van der Waals surface area contributed by atoms with Crippen LogP contribution in [0.4, 0.5) is 4.39 Å². The number of halogens is 1. The molecule has 3 heterocycles. The van der Waals surface area contributed by atoms with Gasteiger partial charge in [0.2, 0.25) is 5.91 Å². The molecule has 6 heteroatoms. The van der Waals surface area contributed by atoms with Crippen molar-refractivity contribution in [1.29, 1.82) is 0 Å². The van der Waals surface area contributed by atoms with Gasteiger partial charge in [-0.15, -0.1) is 0 Å². The van der Waals surface area contributed by atoms with E-state index >= 15 is 0 Å². The second-order valence-corrected chi connectivity index (χ2v) is 9.44. The quantitative estimate of drug-likeness (QED) is 0.532. The first-order valence-electron chi connectivity index (χ1n) is 11.9. The molecule has 2 fully saturated rings. The maximum atomic E-state index is 13.7. The Hall–Kier alpha value is -3.25. The van der Waals surface area contributed by atoms with Crippen LogP contribution in [-0.4, -0.2) is 46.4 Å². The minimum atomic E-state index is -0.279. The molecule has 2 aromatic carbocycles. The van der Waals surface area contributed by atoms with E-state index in [0.29, 0.717) is 13.0 Å². The Morgan fingerprint density at radius 1 is 1.12 bits per heavy atom. The van der Waals surface area contributed by atoms with Crippen LogP contribution in [0.1, 0.15) is 41.9 Å². The van der Waals surface area contributed by atoms with E-state index in [1.165, 1.54) is 12.1 Å². The Kier molecular flexibility index (Phi) is 6.33. The molecule has 5 nitrogen and oxygen atoms in total. The highest BCUT2D eigenvalue weighted by atomic mass is 19.1. The van der Waals surface area contributed by atoms with Gasteiger partial charge in [0.15, 0.2) is 0 Å². The molecule has 2 atom stereocenters. The number of piperidine rings is 1. The fourth-order valence-corrected chi connectivity index (χ4v) is 5.60. The highest BCUT2D eigenvalue weighted by Gasteiger charge is 2.52. The van der Waals surface area contributed by atoms with Gasteiger partial charge in [-0.3, -0.25) is 14.7 Å². The van der Waals surface area contributed by atoms with Crippen LogP contribution in [0.15, 0.2) is 73.1 Å². The summed E-state index contributed by atoms with van der Waals surface area (Å²) in [5.41, 5.74) is 2.95. The molecule has 0 unspecified atom stereocenters. The molecule has 3 aromatic rings. The highest BCUT2D eigenvalue weighted by molar-refractivity contribution is 5.78. The summed E-state index contributed by atoms with van der Waals surface area (Å²) in [5, 5.41) is 0. The van der Waals surface area contributed by atoms with E-state index in [1.54, 1.807) is 6.20 Å². The second-order valence-electron chi connectivity index (χ2n) is 9.44. The number of carbonyl (C=O) groups is 1. The number of ether oxygens (including phenoxy) is 1. The van der Waals surface area contributed by atoms with Crippen molar-refractivity contribution < 1.29 is 13.9 Å². The molecular weight excluding hydrogens is 429 g/mol. The molecule has 1 spiro atoms. The van der Waals surface area contributed by atoms with Crippen LogP contribution in [-0.2, 0) is 17.9 Å². The van der Waals surface area contributed by atoms with Crippen LogP contribution in [0.5, 0.6) is 5.75 Å². The zero-order valence-electron chi connectivity index (χ0n) is 19.5. The Bertz CT molecular complexity index is 1140. The number of amides is 1. The molecule has 0 bridgehead atoms. The van der Waals surface area contributed by atoms with Crippen molar-refractivity contribution in [3.8, 4) is 5.75 Å². The largest absolute Gasteiger partial charge is 0.489 e. The minimum absolute atomic E-state index is 0.130. The van der Waals surface area contributed by atoms with Crippen LogP contribution in [0.2, 0.25) is 0 Å². The zero-order chi connectivity index (χ0) is 23.5. The molecular formula is C28H30FN3O2. The summed E-state index contributed by atoms with van der Waals surface area (Å²) in [6, 6.07) is 18.8. The minimum Gasteiger partial charge on any atom is -0.489 e. The van der Waals surface area contributed by atoms with Gasteiger partial charge in [0.1, 0.15) is 18.2 Å². The Balaban J connectivity index is 1.39. The molecule has 5 rings (SSSR count). The topological polar surface area (TPSA) is 45.7 Å². The summed E-state index contributed by atoms with van der Waals surface area (Å²) in [4.78, 5) is 21.3. The SMILES string of the molecule is CN1C(=O)CCC[C@]12CN(Cc1ccccc1OCc1cccnc1)C[C@H]2c1ccc(F)cc1. The lowest BCUT2D eigenvalue weighted by atomic mass is 9.75. The van der Waals surface area contributed by atoms with E-state index in [4.69, 9.17) is 4.74 Å². The van der Waals surface area contributed by atoms with Gasteiger partial charge in [0.25, 0.3) is 0 Å². The van der Waals surface area contributed by atoms with Gasteiger partial charge in [0, 0.05) is 62.5 Å². The van der Waals surface area contributed by atoms with Crippen LogP contribution < -0.4 is 4.74 Å². The number of para-hydroxylation sites is 1. The van der Waals surface area contributed by atoms with Gasteiger partial charge in [-0.05, 0) is 42.7 Å². The van der Waals surface area contributed by atoms with Gasteiger partial charge in [-0.25, -0.2) is 4.39 Å². The van der Waals surface area contributed by atoms with Crippen molar-refractivity contribution >= 4 is 5.91 Å². The molecule has 176 valence electrons. The standard InChI is InChI=1S/C28H30FN3O2/c1-31-27(33)9-4-14-28(31)20-32(18-25(28)22-10-12-24(29)13-11-22)17-23-7-2-3-8-26(23)34-19-21-6-5-15-30-16-21/h2-3,5-8,10-13,15-16,25H,4,9,14,17-20H2,1H3/t25-,28+/m0/s1. The summed E-state index contributed by atoms with van der Waals surface area (Å²) >= 11 is 0. The first kappa shape index (κ1) is 22.5. The Labute approximate surface area is 200 Å². The average Bonchev–Trinajstić information content (AvgIpc) is 3.21. The maximum Gasteiger partial charge on any atom is 0.222 e. The van der Waals surface area contributed by atoms with Crippen LogP contribution in [0.25, 0.3) is 0 Å². The van der Waals surface area contributed by atoms with Crippen molar-refractivity contribution in [2.24, 2.45) is 0 Å². The van der Waals surface area contributed by atoms with Gasteiger partial charge < -0.3 is 9.64 Å². The van der Waals surface area contributed by atoms with Crippen molar-refractivity contribution in [2.45, 2.75) is 43.9 Å². The number of hydrogen-bond acceptors (Lipinski definition) is 4. The summed E-state index contributed by atoms with van der Waals surface area (Å²) < 4.78 is 19.8. The molecule has 34 heavy (non-hydrogen) atoms. The Morgan fingerprint density at radius 3 is 2.74 bits per heavy atom. The van der Waals surface area contributed by atoms with E-state index in [-0.39, 0.29) is 23.2 Å². The predicted molar refractivity (Wildman–Crippen MR) is 129 cm³/mol. The number of benzene rings is 2. The number of likely N-dealkylation sites (tertiary alicyclic amines) is 2. The molecule has 1 amide bonds. The van der Waals surface area contributed by atoms with Crippen LogP contribution >= 0.6 is 0 Å². The number of rotatable bonds is 6. The number of pyridine rings is 1. The van der Waals surface area contributed by atoms with E-state index < -0.39 is 0 Å². The smallest absolute Gasteiger partial charge is 0.222 e. The van der Waals surface area contributed by atoms with Gasteiger partial charge in [0.05, 0.1) is 5.54 Å². The molecule has 0 saturated carbocycles. The first-order valence-corrected chi connectivity index (χ1v) is 11.9. The molecule has 0 aliphatic carbocycles. The second kappa shape index (κ2) is 9.55. The Morgan fingerprint density at radius 2 is 1.94 bits per heavy atom. The fraction of sp³-hybridized carbons (Fsp3) is 0.357. The zero-order valence-corrected chi connectivity index (χ0v) is 19.5. The summed E-state index contributed by atoms with van der Waals surface area (Å²) in [6.45, 7) is 2.78. The molecule has 2 aliphatic heterocycles. The number of likely N-dealkylation sites (N-methyl/N-ethyl adjacent to an activating group) is 1. The van der Waals surface area contributed by atoms with Crippen molar-refractivity contribution in [2.75, 3.05) is 20.1 Å². The normalized spacial score (nSPS) is 22.9. The van der Waals surface area contributed by atoms with Crippen molar-refractivity contribution in [3.05, 3.63) is 95.6 Å². The maximum absolute atomic E-state index is 13.7. The molecule has 1 aromatic heterocycles. The van der Waals surface area contributed by atoms with Crippen LogP contribution in [0, 0.1) is 5.82 Å². The number of aromatic nitrogens is 1. The summed E-state index contributed by atoms with van der Waals surface area (Å²) in [6.07, 6.45) is 6.01. The third kappa shape index (κ3) is 4.42. The first-order chi connectivity index (χ1) is 16.5. The number of nitrogens with zero attached hydrogens (tertiary/aromatic N) is 3. The van der Waals surface area contributed by atoms with Gasteiger partial charge in [-0.2, -0.15) is 0 Å². The number of hydrogen-bond donors (Lipinski definition) is 0. The van der Waals surface area contributed by atoms with E-state index in [9.17, 15) is 9.18 Å². The average molecular weight is 460 g/mol. The highest BCUT2D eigenvalue weighted by Crippen LogP contribution is 2.46. The van der Waals surface area contributed by atoms with E-state index in [1.807, 2.05) is 60.6 Å². The third-order valence-corrected chi connectivity index (χ3v) is 7.39. The lowest BCUT2D eigenvalue weighted by Gasteiger charge is -2.46. The van der Waals surface area contributed by atoms with Crippen LogP contribution in [0.3, 0.4) is 0 Å². The predicted octanol–water partition coefficient (Wildman–Crippen LogP) is 4.78. The molecule has 0 N–H and O–H groups in total. The summed E-state index contributed by atoms with van der Waals surface area (Å²) in [5.74, 6) is 0.949. The van der Waals surface area contributed by atoms with Crippen molar-refractivity contribution in [3.63, 3.8) is 0 Å². The molecule has 0 radical (unpaired) electrons. The van der Waals surface area contributed by atoms with Gasteiger partial charge in [-0.1, -0.05) is 36.4 Å². The van der Waals surface area contributed by atoms with Gasteiger partial charge >= 0.3 is 0 Å². The lowest BCUT2D eigenvalue weighted by Crippen LogP contribution is -2.56. The van der Waals surface area contributed by atoms with E-state index in [0.717, 1.165) is 54.9 Å². The van der Waals surface area contributed by atoms with E-state index in [2.05, 4.69) is 16.0 Å². The monoisotopic (exact) mass is 459 g/mol. The lowest BCUT2D eigenvalue weighted by molar-refractivity contribution is -0.139. The molecule has 2 aliphatic rings. The fourth-order valence-electron chi connectivity index (χ4n) is 5.60. The van der Waals surface area contributed by atoms with Crippen molar-refractivity contribution in [1.82, 2.24) is 14.8 Å².